The van der Waals surface area contributed by atoms with Crippen LogP contribution in [0.25, 0.3) is 10.9 Å². The summed E-state index contributed by atoms with van der Waals surface area (Å²) in [6.45, 7) is 4.60. The van der Waals surface area contributed by atoms with Gasteiger partial charge in [0.25, 0.3) is 0 Å². The standard InChI is InChI=1S/C19H20N2O/c1-19(2)15-6-4-5-7-17(15)21-18(19)14-11-20-16-9-8-12(22-3)10-13(14)16/h4-11,18,20-21H,1-3H3. The van der Waals surface area contributed by atoms with E-state index in [-0.39, 0.29) is 11.5 Å². The first-order chi connectivity index (χ1) is 10.6. The normalized spacial score (nSPS) is 19.0. The molecule has 22 heavy (non-hydrogen) atoms. The molecule has 1 aliphatic rings. The molecule has 4 rings (SSSR count). The van der Waals surface area contributed by atoms with E-state index in [0.29, 0.717) is 0 Å². The molecule has 1 unspecified atom stereocenters. The quantitative estimate of drug-likeness (QED) is 0.723. The van der Waals surface area contributed by atoms with Crippen LogP contribution in [0, 0.1) is 0 Å². The van der Waals surface area contributed by atoms with Crippen molar-refractivity contribution in [2.45, 2.75) is 25.3 Å². The van der Waals surface area contributed by atoms with Crippen molar-refractivity contribution in [2.75, 3.05) is 12.4 Å². The molecule has 0 saturated heterocycles. The number of hydrogen-bond acceptors (Lipinski definition) is 2. The molecule has 3 heteroatoms. The average Bonchev–Trinajstić information content (AvgIpc) is 3.05. The zero-order valence-corrected chi connectivity index (χ0v) is 13.1. The van der Waals surface area contributed by atoms with Crippen LogP contribution in [0.5, 0.6) is 5.75 Å². The molecular formula is C19H20N2O. The summed E-state index contributed by atoms with van der Waals surface area (Å²) in [5.74, 6) is 0.890. The summed E-state index contributed by atoms with van der Waals surface area (Å²) in [6, 6.07) is 15.0. The van der Waals surface area contributed by atoms with Crippen LogP contribution in [0.1, 0.15) is 31.0 Å². The molecule has 1 aliphatic heterocycles. The van der Waals surface area contributed by atoms with Gasteiger partial charge in [0, 0.05) is 33.8 Å². The molecule has 0 saturated carbocycles. The van der Waals surface area contributed by atoms with Gasteiger partial charge in [0.15, 0.2) is 0 Å². The van der Waals surface area contributed by atoms with Crippen LogP contribution in [0.4, 0.5) is 5.69 Å². The predicted octanol–water partition coefficient (Wildman–Crippen LogP) is 4.62. The van der Waals surface area contributed by atoms with Gasteiger partial charge in [-0.15, -0.1) is 0 Å². The van der Waals surface area contributed by atoms with E-state index in [0.717, 1.165) is 11.3 Å². The Morgan fingerprint density at radius 1 is 1.09 bits per heavy atom. The molecule has 112 valence electrons. The highest BCUT2D eigenvalue weighted by Gasteiger charge is 2.40. The van der Waals surface area contributed by atoms with E-state index in [9.17, 15) is 0 Å². The van der Waals surface area contributed by atoms with Gasteiger partial charge in [-0.25, -0.2) is 0 Å². The second kappa shape index (κ2) is 4.54. The molecule has 3 aromatic rings. The van der Waals surface area contributed by atoms with Crippen LogP contribution in [-0.4, -0.2) is 12.1 Å². The second-order valence-corrected chi connectivity index (χ2v) is 6.50. The number of methoxy groups -OCH3 is 1. The molecule has 3 nitrogen and oxygen atoms in total. The highest BCUT2D eigenvalue weighted by molar-refractivity contribution is 5.86. The van der Waals surface area contributed by atoms with Crippen molar-refractivity contribution < 1.29 is 4.74 Å². The fourth-order valence-corrected chi connectivity index (χ4v) is 3.62. The Kier molecular flexibility index (Phi) is 2.73. The molecule has 0 amide bonds. The minimum atomic E-state index is 0.0365. The molecule has 2 aromatic carbocycles. The Bertz CT molecular complexity index is 848. The lowest BCUT2D eigenvalue weighted by atomic mass is 9.78. The van der Waals surface area contributed by atoms with Crippen LogP contribution in [-0.2, 0) is 5.41 Å². The Hall–Kier alpha value is -2.42. The first-order valence-electron chi connectivity index (χ1n) is 7.62. The number of aromatic amines is 1. The van der Waals surface area contributed by atoms with E-state index in [1.54, 1.807) is 7.11 Å². The predicted molar refractivity (Wildman–Crippen MR) is 90.7 cm³/mol. The Labute approximate surface area is 130 Å². The van der Waals surface area contributed by atoms with Crippen LogP contribution < -0.4 is 10.1 Å². The molecule has 0 aliphatic carbocycles. The van der Waals surface area contributed by atoms with Crippen molar-refractivity contribution in [3.8, 4) is 5.75 Å². The fourth-order valence-electron chi connectivity index (χ4n) is 3.62. The maximum absolute atomic E-state index is 5.39. The van der Waals surface area contributed by atoms with Crippen molar-refractivity contribution in [1.82, 2.24) is 4.98 Å². The molecule has 1 aromatic heterocycles. The SMILES string of the molecule is COc1ccc2[nH]cc(C3Nc4ccccc4C3(C)C)c2c1. The first-order valence-corrected chi connectivity index (χ1v) is 7.62. The third-order valence-corrected chi connectivity index (χ3v) is 4.87. The van der Waals surface area contributed by atoms with E-state index >= 15 is 0 Å². The number of anilines is 1. The van der Waals surface area contributed by atoms with E-state index in [4.69, 9.17) is 4.74 Å². The summed E-state index contributed by atoms with van der Waals surface area (Å²) < 4.78 is 5.39. The van der Waals surface area contributed by atoms with Crippen LogP contribution in [0.3, 0.4) is 0 Å². The topological polar surface area (TPSA) is 37.0 Å². The first kappa shape index (κ1) is 13.3. The maximum atomic E-state index is 5.39. The van der Waals surface area contributed by atoms with Gasteiger partial charge in [0.05, 0.1) is 13.2 Å². The van der Waals surface area contributed by atoms with Crippen LogP contribution >= 0.6 is 0 Å². The van der Waals surface area contributed by atoms with Crippen LogP contribution in [0.2, 0.25) is 0 Å². The lowest BCUT2D eigenvalue weighted by Crippen LogP contribution is -2.25. The summed E-state index contributed by atoms with van der Waals surface area (Å²) in [5, 5.41) is 4.92. The van der Waals surface area contributed by atoms with Gasteiger partial charge >= 0.3 is 0 Å². The minimum absolute atomic E-state index is 0.0365. The molecule has 2 heterocycles. The van der Waals surface area contributed by atoms with Crippen molar-refractivity contribution in [1.29, 1.82) is 0 Å². The summed E-state index contributed by atoms with van der Waals surface area (Å²) in [4.78, 5) is 3.39. The summed E-state index contributed by atoms with van der Waals surface area (Å²) in [7, 11) is 1.71. The third-order valence-electron chi connectivity index (χ3n) is 4.87. The van der Waals surface area contributed by atoms with Gasteiger partial charge in [-0.1, -0.05) is 32.0 Å². The van der Waals surface area contributed by atoms with Gasteiger partial charge in [-0.2, -0.15) is 0 Å². The number of hydrogen-bond donors (Lipinski definition) is 2. The Balaban J connectivity index is 1.87. The summed E-state index contributed by atoms with van der Waals surface area (Å²) in [6.07, 6.45) is 2.12. The lowest BCUT2D eigenvalue weighted by molar-refractivity contribution is 0.415. The van der Waals surface area contributed by atoms with Gasteiger partial charge < -0.3 is 15.0 Å². The van der Waals surface area contributed by atoms with E-state index in [2.05, 4.69) is 66.7 Å². The van der Waals surface area contributed by atoms with Crippen LogP contribution in [0.15, 0.2) is 48.7 Å². The van der Waals surface area contributed by atoms with E-state index < -0.39 is 0 Å². The van der Waals surface area contributed by atoms with Gasteiger partial charge in [0.1, 0.15) is 5.75 Å². The van der Waals surface area contributed by atoms with E-state index in [1.165, 1.54) is 22.2 Å². The molecule has 0 spiro atoms. The highest BCUT2D eigenvalue weighted by atomic mass is 16.5. The van der Waals surface area contributed by atoms with Crippen molar-refractivity contribution in [3.05, 3.63) is 59.8 Å². The summed E-state index contributed by atoms with van der Waals surface area (Å²) in [5.41, 5.74) is 5.07. The third kappa shape index (κ3) is 1.75. The minimum Gasteiger partial charge on any atom is -0.497 e. The van der Waals surface area contributed by atoms with Gasteiger partial charge in [-0.3, -0.25) is 0 Å². The number of aromatic nitrogens is 1. The smallest absolute Gasteiger partial charge is 0.119 e. The number of ether oxygens (including phenoxy) is 1. The largest absolute Gasteiger partial charge is 0.497 e. The number of H-pyrrole nitrogens is 1. The number of para-hydroxylation sites is 1. The van der Waals surface area contributed by atoms with Gasteiger partial charge in [0.2, 0.25) is 0 Å². The summed E-state index contributed by atoms with van der Waals surface area (Å²) >= 11 is 0. The maximum Gasteiger partial charge on any atom is 0.119 e. The van der Waals surface area contributed by atoms with Crippen molar-refractivity contribution in [3.63, 3.8) is 0 Å². The second-order valence-electron chi connectivity index (χ2n) is 6.50. The molecule has 0 fully saturated rings. The van der Waals surface area contributed by atoms with Crippen molar-refractivity contribution in [2.24, 2.45) is 0 Å². The lowest BCUT2D eigenvalue weighted by Gasteiger charge is -2.27. The molecular weight excluding hydrogens is 272 g/mol. The average molecular weight is 292 g/mol. The fraction of sp³-hybridized carbons (Fsp3) is 0.263. The van der Waals surface area contributed by atoms with Crippen molar-refractivity contribution >= 4 is 16.6 Å². The monoisotopic (exact) mass is 292 g/mol. The highest BCUT2D eigenvalue weighted by Crippen LogP contribution is 2.49. The Morgan fingerprint density at radius 3 is 2.68 bits per heavy atom. The van der Waals surface area contributed by atoms with E-state index in [1.807, 2.05) is 6.07 Å². The number of fused-ring (bicyclic) bond motifs is 2. The molecule has 0 bridgehead atoms. The van der Waals surface area contributed by atoms with Gasteiger partial charge in [-0.05, 0) is 29.8 Å². The zero-order chi connectivity index (χ0) is 15.3. The number of benzene rings is 2. The molecule has 1 atom stereocenters. The Morgan fingerprint density at radius 2 is 1.91 bits per heavy atom. The number of rotatable bonds is 2. The molecule has 0 radical (unpaired) electrons. The number of nitrogens with one attached hydrogen (secondary N) is 2. The molecule has 2 N–H and O–H groups in total. The zero-order valence-electron chi connectivity index (χ0n) is 13.1.